The van der Waals surface area contributed by atoms with Crippen molar-refractivity contribution >= 4 is 39.5 Å². The number of phosphoric acid groups is 2. The van der Waals surface area contributed by atoms with Gasteiger partial charge in [0.25, 0.3) is 0 Å². The van der Waals surface area contributed by atoms with Crippen LogP contribution in [0.15, 0.2) is 0 Å². The van der Waals surface area contributed by atoms with Crippen molar-refractivity contribution in [2.24, 2.45) is 0 Å². The lowest BCUT2D eigenvalue weighted by Gasteiger charge is -2.21. The number of ether oxygens (including phenoxy) is 4. The van der Waals surface area contributed by atoms with Gasteiger partial charge in [-0.25, -0.2) is 9.13 Å². The van der Waals surface area contributed by atoms with Crippen molar-refractivity contribution in [3.63, 3.8) is 0 Å². The molecule has 2 unspecified atom stereocenters. The molecule has 0 bridgehead atoms. The molecule has 17 nitrogen and oxygen atoms in total. The fourth-order valence-corrected chi connectivity index (χ4v) is 12.1. The van der Waals surface area contributed by atoms with E-state index in [1.165, 1.54) is 173 Å². The smallest absolute Gasteiger partial charge is 0.462 e. The second-order valence-electron chi connectivity index (χ2n) is 24.9. The summed E-state index contributed by atoms with van der Waals surface area (Å²) in [5.41, 5.74) is 0. The van der Waals surface area contributed by atoms with Crippen LogP contribution in [-0.4, -0.2) is 96.7 Å². The van der Waals surface area contributed by atoms with Gasteiger partial charge in [-0.3, -0.25) is 37.3 Å². The van der Waals surface area contributed by atoms with Gasteiger partial charge < -0.3 is 33.8 Å². The second kappa shape index (κ2) is 63.8. The lowest BCUT2D eigenvalue weighted by Crippen LogP contribution is -2.30. The van der Waals surface area contributed by atoms with Crippen LogP contribution in [0.3, 0.4) is 0 Å². The summed E-state index contributed by atoms with van der Waals surface area (Å²) in [6, 6.07) is 0. The standard InChI is InChI=1S/C69H134O17P2/c1-5-9-13-17-21-24-26-28-29-30-31-32-33-34-35-36-38-40-44-48-52-56-69(74)86-65(60-80-67(72)54-50-46-43-39-37-27-25-22-18-14-10-6-2)62-84-88(77,78)82-58-63(70)57-81-87(75,76)83-61-64(59-79-66(71)53-49-45-41-20-16-12-8-4)85-68(73)55-51-47-42-23-19-15-11-7-3/h63-65,70H,5-62H2,1-4H3,(H,75,76)(H,77,78)/t63-,64+,65+/m0/s1. The number of rotatable bonds is 70. The molecule has 0 spiro atoms. The number of hydrogen-bond acceptors (Lipinski definition) is 15. The molecule has 88 heavy (non-hydrogen) atoms. The summed E-state index contributed by atoms with van der Waals surface area (Å²) in [6.07, 6.45) is 51.7. The van der Waals surface area contributed by atoms with Crippen molar-refractivity contribution in [3.05, 3.63) is 0 Å². The largest absolute Gasteiger partial charge is 0.472 e. The van der Waals surface area contributed by atoms with Crippen LogP contribution in [0.25, 0.3) is 0 Å². The molecule has 0 saturated carbocycles. The summed E-state index contributed by atoms with van der Waals surface area (Å²) in [5.74, 6) is -2.13. The van der Waals surface area contributed by atoms with Gasteiger partial charge in [0, 0.05) is 25.7 Å². The Bertz CT molecular complexity index is 1690. The molecule has 0 aliphatic heterocycles. The Hall–Kier alpha value is -1.94. The van der Waals surface area contributed by atoms with Gasteiger partial charge in [0.1, 0.15) is 19.3 Å². The maximum Gasteiger partial charge on any atom is 0.472 e. The molecule has 522 valence electrons. The quantitative estimate of drug-likeness (QED) is 0.0222. The van der Waals surface area contributed by atoms with E-state index in [-0.39, 0.29) is 25.7 Å². The summed E-state index contributed by atoms with van der Waals surface area (Å²) in [5, 5.41) is 10.5. The average Bonchev–Trinajstić information content (AvgIpc) is 3.53. The van der Waals surface area contributed by atoms with Crippen LogP contribution in [-0.2, 0) is 65.4 Å². The van der Waals surface area contributed by atoms with Gasteiger partial charge in [-0.05, 0) is 25.7 Å². The van der Waals surface area contributed by atoms with E-state index in [2.05, 4.69) is 27.7 Å². The summed E-state index contributed by atoms with van der Waals surface area (Å²) in [7, 11) is -9.88. The molecular formula is C69H134O17P2. The van der Waals surface area contributed by atoms with Gasteiger partial charge >= 0.3 is 39.5 Å². The van der Waals surface area contributed by atoms with Crippen molar-refractivity contribution < 1.29 is 80.2 Å². The molecule has 0 saturated heterocycles. The Kier molecular flexibility index (Phi) is 62.4. The average molecular weight is 1300 g/mol. The number of aliphatic hydroxyl groups excluding tert-OH is 1. The summed E-state index contributed by atoms with van der Waals surface area (Å²) in [4.78, 5) is 72.2. The van der Waals surface area contributed by atoms with E-state index >= 15 is 0 Å². The summed E-state index contributed by atoms with van der Waals surface area (Å²) in [6.45, 7) is 4.86. The van der Waals surface area contributed by atoms with Gasteiger partial charge in [0.15, 0.2) is 12.2 Å². The third-order valence-electron chi connectivity index (χ3n) is 16.1. The molecule has 0 rings (SSSR count). The van der Waals surface area contributed by atoms with Crippen LogP contribution in [0.2, 0.25) is 0 Å². The molecular weight excluding hydrogens is 1160 g/mol. The Morgan fingerprint density at radius 2 is 0.455 bits per heavy atom. The molecule has 5 atom stereocenters. The van der Waals surface area contributed by atoms with Gasteiger partial charge in [-0.1, -0.05) is 310 Å². The zero-order valence-electron chi connectivity index (χ0n) is 56.7. The number of carbonyl (C=O) groups excluding carboxylic acids is 4. The molecule has 19 heteroatoms. The topological polar surface area (TPSA) is 237 Å². The number of phosphoric ester groups is 2. The van der Waals surface area contributed by atoms with E-state index in [0.29, 0.717) is 25.7 Å². The first-order valence-electron chi connectivity index (χ1n) is 36.3. The number of esters is 4. The molecule has 0 radical (unpaired) electrons. The fourth-order valence-electron chi connectivity index (χ4n) is 10.5. The molecule has 3 N–H and O–H groups in total. The predicted octanol–water partition coefficient (Wildman–Crippen LogP) is 19.9. The first kappa shape index (κ1) is 86.1. The number of hydrogen-bond donors (Lipinski definition) is 3. The van der Waals surface area contributed by atoms with Gasteiger partial charge in [-0.15, -0.1) is 0 Å². The second-order valence-corrected chi connectivity index (χ2v) is 27.8. The van der Waals surface area contributed by atoms with Crippen molar-refractivity contribution in [1.29, 1.82) is 0 Å². The normalized spacial score (nSPS) is 14.0. The first-order chi connectivity index (χ1) is 42.7. The fraction of sp³-hybridized carbons (Fsp3) is 0.942. The lowest BCUT2D eigenvalue weighted by molar-refractivity contribution is -0.161. The van der Waals surface area contributed by atoms with Gasteiger partial charge in [0.2, 0.25) is 0 Å². The van der Waals surface area contributed by atoms with Crippen LogP contribution in [0, 0.1) is 0 Å². The molecule has 0 fully saturated rings. The molecule has 0 amide bonds. The van der Waals surface area contributed by atoms with Crippen molar-refractivity contribution in [1.82, 2.24) is 0 Å². The summed E-state index contributed by atoms with van der Waals surface area (Å²) < 4.78 is 68.0. The third-order valence-corrected chi connectivity index (χ3v) is 18.0. The number of aliphatic hydroxyl groups is 1. The monoisotopic (exact) mass is 1300 g/mol. The van der Waals surface area contributed by atoms with E-state index < -0.39 is 97.5 Å². The minimum atomic E-state index is -4.95. The Balaban J connectivity index is 5.11. The predicted molar refractivity (Wildman–Crippen MR) is 354 cm³/mol. The maximum atomic E-state index is 13.0. The SMILES string of the molecule is CCCCCCCCCCCCCCCCCCCCCCCC(=O)O[C@H](COC(=O)CCCCCCCCCCCCCC)COP(=O)(O)OC[C@@H](O)COP(=O)(O)OC[C@@H](COC(=O)CCCCCCCCC)OC(=O)CCCCCCCCCC. The van der Waals surface area contributed by atoms with E-state index in [1.807, 2.05) is 0 Å². The van der Waals surface area contributed by atoms with Crippen LogP contribution in [0.4, 0.5) is 0 Å². The third kappa shape index (κ3) is 62.8. The number of unbranched alkanes of at least 4 members (excludes halogenated alkanes) is 44. The highest BCUT2D eigenvalue weighted by atomic mass is 31.2. The highest BCUT2D eigenvalue weighted by Crippen LogP contribution is 2.45. The van der Waals surface area contributed by atoms with E-state index in [0.717, 1.165) is 109 Å². The van der Waals surface area contributed by atoms with E-state index in [9.17, 15) is 43.2 Å². The minimum absolute atomic E-state index is 0.105. The van der Waals surface area contributed by atoms with Crippen molar-refractivity contribution in [2.75, 3.05) is 39.6 Å². The van der Waals surface area contributed by atoms with Crippen LogP contribution in [0.5, 0.6) is 0 Å². The Morgan fingerprint density at radius 1 is 0.273 bits per heavy atom. The maximum absolute atomic E-state index is 13.0. The van der Waals surface area contributed by atoms with Crippen LogP contribution in [0.1, 0.15) is 362 Å². The van der Waals surface area contributed by atoms with Crippen molar-refractivity contribution in [2.45, 2.75) is 380 Å². The molecule has 0 aliphatic rings. The zero-order chi connectivity index (χ0) is 64.7. The van der Waals surface area contributed by atoms with Crippen LogP contribution >= 0.6 is 15.6 Å². The molecule has 0 heterocycles. The lowest BCUT2D eigenvalue weighted by atomic mass is 10.0. The van der Waals surface area contributed by atoms with Crippen molar-refractivity contribution in [3.8, 4) is 0 Å². The van der Waals surface area contributed by atoms with Gasteiger partial charge in [0.05, 0.1) is 26.4 Å². The zero-order valence-corrected chi connectivity index (χ0v) is 58.5. The highest BCUT2D eigenvalue weighted by molar-refractivity contribution is 7.47. The molecule has 0 aromatic rings. The first-order valence-corrected chi connectivity index (χ1v) is 39.3. The number of carbonyl (C=O) groups is 4. The van der Waals surface area contributed by atoms with Gasteiger partial charge in [-0.2, -0.15) is 0 Å². The molecule has 0 aliphatic carbocycles. The molecule has 0 aromatic carbocycles. The Labute approximate surface area is 537 Å². The minimum Gasteiger partial charge on any atom is -0.462 e. The highest BCUT2D eigenvalue weighted by Gasteiger charge is 2.30. The Morgan fingerprint density at radius 3 is 0.670 bits per heavy atom. The summed E-state index contributed by atoms with van der Waals surface area (Å²) >= 11 is 0. The van der Waals surface area contributed by atoms with E-state index in [4.69, 9.17) is 37.0 Å². The molecule has 0 aromatic heterocycles. The van der Waals surface area contributed by atoms with E-state index in [1.54, 1.807) is 0 Å². The van der Waals surface area contributed by atoms with Crippen LogP contribution < -0.4 is 0 Å².